The Bertz CT molecular complexity index is 764. The molecular formula is C16H20N4S. The summed E-state index contributed by atoms with van der Waals surface area (Å²) in [5.41, 5.74) is 3.46. The van der Waals surface area contributed by atoms with Crippen molar-refractivity contribution in [2.24, 2.45) is 0 Å². The molecule has 0 amide bonds. The minimum Gasteiger partial charge on any atom is -0.363 e. The molecule has 0 aliphatic carbocycles. The van der Waals surface area contributed by atoms with Gasteiger partial charge >= 0.3 is 0 Å². The van der Waals surface area contributed by atoms with Crippen LogP contribution < -0.4 is 5.32 Å². The monoisotopic (exact) mass is 300 g/mol. The Morgan fingerprint density at radius 3 is 2.81 bits per heavy atom. The van der Waals surface area contributed by atoms with Gasteiger partial charge in [0.2, 0.25) is 0 Å². The molecule has 3 heterocycles. The van der Waals surface area contributed by atoms with Gasteiger partial charge < -0.3 is 5.32 Å². The Labute approximate surface area is 128 Å². The van der Waals surface area contributed by atoms with Crippen molar-refractivity contribution in [3.8, 4) is 0 Å². The van der Waals surface area contributed by atoms with Crippen LogP contribution in [0, 0.1) is 6.92 Å². The van der Waals surface area contributed by atoms with E-state index in [1.54, 1.807) is 17.5 Å². The van der Waals surface area contributed by atoms with E-state index in [4.69, 9.17) is 0 Å². The Morgan fingerprint density at radius 1 is 1.33 bits per heavy atom. The van der Waals surface area contributed by atoms with E-state index in [0.29, 0.717) is 0 Å². The van der Waals surface area contributed by atoms with Crippen molar-refractivity contribution in [2.45, 2.75) is 39.7 Å². The molecule has 0 spiro atoms. The number of hydrogen-bond acceptors (Lipinski definition) is 4. The number of thiophene rings is 1. The first kappa shape index (κ1) is 14.1. The molecule has 3 aromatic rings. The summed E-state index contributed by atoms with van der Waals surface area (Å²) in [6, 6.07) is 4.27. The summed E-state index contributed by atoms with van der Waals surface area (Å²) in [6.07, 6.45) is 3.68. The molecule has 0 aromatic carbocycles. The fraction of sp³-hybridized carbons (Fsp3) is 0.375. The maximum Gasteiger partial charge on any atom is 0.152 e. The maximum absolute atomic E-state index is 4.65. The Kier molecular flexibility index (Phi) is 3.45. The highest BCUT2D eigenvalue weighted by Gasteiger charge is 2.19. The highest BCUT2D eigenvalue weighted by Crippen LogP contribution is 2.25. The highest BCUT2D eigenvalue weighted by atomic mass is 32.1. The molecule has 3 rings (SSSR count). The summed E-state index contributed by atoms with van der Waals surface area (Å²) in [6.45, 7) is 9.45. The van der Waals surface area contributed by atoms with Crippen LogP contribution in [0.15, 0.2) is 29.9 Å². The van der Waals surface area contributed by atoms with Crippen molar-refractivity contribution in [2.75, 3.05) is 5.32 Å². The second-order valence-electron chi connectivity index (χ2n) is 6.27. The largest absolute Gasteiger partial charge is 0.363 e. The predicted molar refractivity (Wildman–Crippen MR) is 88.1 cm³/mol. The van der Waals surface area contributed by atoms with Crippen molar-refractivity contribution < 1.29 is 0 Å². The third-order valence-corrected chi connectivity index (χ3v) is 4.57. The van der Waals surface area contributed by atoms with Gasteiger partial charge in [-0.2, -0.15) is 5.10 Å². The van der Waals surface area contributed by atoms with Crippen molar-refractivity contribution in [1.82, 2.24) is 14.6 Å². The Balaban J connectivity index is 1.92. The third kappa shape index (κ3) is 2.78. The predicted octanol–water partition coefficient (Wildman–Crippen LogP) is 4.01. The van der Waals surface area contributed by atoms with Crippen LogP contribution in [0.3, 0.4) is 0 Å². The van der Waals surface area contributed by atoms with E-state index in [0.717, 1.165) is 23.6 Å². The maximum atomic E-state index is 4.65. The number of nitrogens with one attached hydrogen (secondary N) is 1. The highest BCUT2D eigenvalue weighted by molar-refractivity contribution is 7.10. The average Bonchev–Trinajstić information content (AvgIpc) is 3.02. The van der Waals surface area contributed by atoms with E-state index < -0.39 is 0 Å². The quantitative estimate of drug-likeness (QED) is 0.794. The fourth-order valence-corrected chi connectivity index (χ4v) is 3.02. The molecule has 110 valence electrons. The zero-order chi connectivity index (χ0) is 15.0. The van der Waals surface area contributed by atoms with E-state index in [9.17, 15) is 0 Å². The molecule has 5 heteroatoms. The van der Waals surface area contributed by atoms with Crippen LogP contribution in [-0.2, 0) is 12.0 Å². The van der Waals surface area contributed by atoms with Gasteiger partial charge in [0.25, 0.3) is 0 Å². The molecule has 0 unspecified atom stereocenters. The second-order valence-corrected chi connectivity index (χ2v) is 7.27. The standard InChI is InChI=1S/C16H20N4S/c1-11-5-8-21-13(11)10-18-15-12-9-14(16(2,3)4)19-20(12)7-6-17-15/h5-9H,10H2,1-4H3,(H,17,18). The van der Waals surface area contributed by atoms with Crippen LogP contribution in [0.2, 0.25) is 0 Å². The van der Waals surface area contributed by atoms with Crippen molar-refractivity contribution >= 4 is 22.7 Å². The first-order valence-electron chi connectivity index (χ1n) is 7.07. The van der Waals surface area contributed by atoms with Crippen LogP contribution >= 0.6 is 11.3 Å². The average molecular weight is 300 g/mol. The fourth-order valence-electron chi connectivity index (χ4n) is 2.17. The summed E-state index contributed by atoms with van der Waals surface area (Å²) in [5.74, 6) is 0.883. The lowest BCUT2D eigenvalue weighted by Gasteiger charge is -2.13. The molecular weight excluding hydrogens is 280 g/mol. The van der Waals surface area contributed by atoms with Gasteiger partial charge in [0.1, 0.15) is 5.52 Å². The summed E-state index contributed by atoms with van der Waals surface area (Å²) < 4.78 is 1.90. The lowest BCUT2D eigenvalue weighted by atomic mass is 9.92. The zero-order valence-electron chi connectivity index (χ0n) is 12.8. The van der Waals surface area contributed by atoms with Crippen LogP contribution in [0.4, 0.5) is 5.82 Å². The summed E-state index contributed by atoms with van der Waals surface area (Å²) in [5, 5.41) is 10.2. The molecule has 4 nitrogen and oxygen atoms in total. The summed E-state index contributed by atoms with van der Waals surface area (Å²) in [7, 11) is 0. The molecule has 0 aliphatic rings. The van der Waals surface area contributed by atoms with Gasteiger partial charge in [0.05, 0.1) is 12.2 Å². The van der Waals surface area contributed by atoms with Crippen LogP contribution in [0.1, 0.15) is 36.9 Å². The molecule has 0 saturated heterocycles. The van der Waals surface area contributed by atoms with Gasteiger partial charge in [0.15, 0.2) is 5.82 Å². The van der Waals surface area contributed by atoms with E-state index in [2.05, 4.69) is 60.6 Å². The first-order chi connectivity index (χ1) is 9.95. The molecule has 0 fully saturated rings. The molecule has 3 aromatic heterocycles. The molecule has 21 heavy (non-hydrogen) atoms. The summed E-state index contributed by atoms with van der Waals surface area (Å²) >= 11 is 1.77. The number of hydrogen-bond donors (Lipinski definition) is 1. The minimum absolute atomic E-state index is 0.0353. The van der Waals surface area contributed by atoms with Gasteiger partial charge in [-0.15, -0.1) is 11.3 Å². The molecule has 0 aliphatic heterocycles. The lowest BCUT2D eigenvalue weighted by Crippen LogP contribution is -2.11. The van der Waals surface area contributed by atoms with Crippen molar-refractivity contribution in [3.05, 3.63) is 46.0 Å². The topological polar surface area (TPSA) is 42.2 Å². The van der Waals surface area contributed by atoms with Crippen LogP contribution in [0.5, 0.6) is 0 Å². The number of nitrogens with zero attached hydrogens (tertiary/aromatic N) is 3. The molecule has 0 radical (unpaired) electrons. The molecule has 0 atom stereocenters. The Morgan fingerprint density at radius 2 is 2.14 bits per heavy atom. The summed E-state index contributed by atoms with van der Waals surface area (Å²) in [4.78, 5) is 5.81. The van der Waals surface area contributed by atoms with Gasteiger partial charge in [-0.25, -0.2) is 9.50 Å². The first-order valence-corrected chi connectivity index (χ1v) is 7.95. The van der Waals surface area contributed by atoms with Crippen LogP contribution in [0.25, 0.3) is 5.52 Å². The SMILES string of the molecule is Cc1ccsc1CNc1nccn2nc(C(C)(C)C)cc12. The van der Waals surface area contributed by atoms with Gasteiger partial charge in [0, 0.05) is 22.7 Å². The van der Waals surface area contributed by atoms with Gasteiger partial charge in [-0.05, 0) is 30.0 Å². The van der Waals surface area contributed by atoms with E-state index in [1.807, 2.05) is 10.7 Å². The van der Waals surface area contributed by atoms with E-state index in [-0.39, 0.29) is 5.41 Å². The molecule has 0 saturated carbocycles. The third-order valence-electron chi connectivity index (χ3n) is 3.54. The van der Waals surface area contributed by atoms with Crippen LogP contribution in [-0.4, -0.2) is 14.6 Å². The van der Waals surface area contributed by atoms with E-state index in [1.165, 1.54) is 10.4 Å². The number of anilines is 1. The zero-order valence-corrected chi connectivity index (χ0v) is 13.7. The molecule has 1 N–H and O–H groups in total. The van der Waals surface area contributed by atoms with E-state index >= 15 is 0 Å². The van der Waals surface area contributed by atoms with Gasteiger partial charge in [-0.1, -0.05) is 20.8 Å². The number of aryl methyl sites for hydroxylation is 1. The molecule has 0 bridgehead atoms. The second kappa shape index (κ2) is 5.15. The number of aromatic nitrogens is 3. The lowest BCUT2D eigenvalue weighted by molar-refractivity contribution is 0.562. The smallest absolute Gasteiger partial charge is 0.152 e. The normalized spacial score (nSPS) is 12.0. The van der Waals surface area contributed by atoms with Crippen molar-refractivity contribution in [3.63, 3.8) is 0 Å². The minimum atomic E-state index is 0.0353. The number of rotatable bonds is 3. The van der Waals surface area contributed by atoms with Crippen molar-refractivity contribution in [1.29, 1.82) is 0 Å². The Hall–Kier alpha value is -1.88. The van der Waals surface area contributed by atoms with Gasteiger partial charge in [-0.3, -0.25) is 0 Å². The number of fused-ring (bicyclic) bond motifs is 1.